The lowest BCUT2D eigenvalue weighted by Gasteiger charge is -2.42. The number of nitrogens with zero attached hydrogens (tertiary/aromatic N) is 4. The Hall–Kier alpha value is -2.48. The minimum Gasteiger partial charge on any atom is -0.480 e. The van der Waals surface area contributed by atoms with Gasteiger partial charge in [0.2, 0.25) is 0 Å². The number of carbonyl (C=O) groups is 2. The number of carboxylic acid groups (broad SMARTS) is 2. The van der Waals surface area contributed by atoms with Crippen molar-refractivity contribution in [1.29, 1.82) is 10.5 Å². The van der Waals surface area contributed by atoms with Crippen LogP contribution in [0.4, 0.5) is 0 Å². The summed E-state index contributed by atoms with van der Waals surface area (Å²) in [6, 6.07) is 3.87. The Morgan fingerprint density at radius 3 is 1.04 bits per heavy atom. The quantitative estimate of drug-likeness (QED) is 0.465. The van der Waals surface area contributed by atoms with Crippen LogP contribution in [0.1, 0.15) is 80.1 Å². The fourth-order valence-corrected chi connectivity index (χ4v) is 4.17. The fraction of sp³-hybridized carbons (Fsp3) is 0.800. The molecule has 0 saturated carbocycles. The highest BCUT2D eigenvalue weighted by atomic mass is 16.4. The Morgan fingerprint density at radius 2 is 0.929 bits per heavy atom. The first kappa shape index (κ1) is 25.5. The van der Waals surface area contributed by atoms with Gasteiger partial charge in [0.15, 0.2) is 10.8 Å². The van der Waals surface area contributed by atoms with Crippen molar-refractivity contribution in [3.8, 4) is 12.1 Å². The monoisotopic (exact) mass is 392 g/mol. The van der Waals surface area contributed by atoms with E-state index in [1.54, 1.807) is 41.5 Å². The predicted octanol–water partition coefficient (Wildman–Crippen LogP) is 4.57. The zero-order valence-corrected chi connectivity index (χ0v) is 17.7. The van der Waals surface area contributed by atoms with Crippen LogP contribution in [-0.4, -0.2) is 33.2 Å². The molecule has 0 aliphatic rings. The summed E-state index contributed by atoms with van der Waals surface area (Å²) >= 11 is 0. The van der Waals surface area contributed by atoms with E-state index in [9.17, 15) is 30.3 Å². The van der Waals surface area contributed by atoms with Crippen LogP contribution in [0, 0.1) is 33.5 Å². The van der Waals surface area contributed by atoms with E-state index in [-0.39, 0.29) is 38.5 Å². The minimum atomic E-state index is -1.79. The van der Waals surface area contributed by atoms with Crippen molar-refractivity contribution in [2.24, 2.45) is 21.1 Å². The Morgan fingerprint density at radius 1 is 0.679 bits per heavy atom. The highest BCUT2D eigenvalue weighted by Crippen LogP contribution is 2.48. The van der Waals surface area contributed by atoms with E-state index in [4.69, 9.17) is 0 Å². The summed E-state index contributed by atoms with van der Waals surface area (Å²) in [6.45, 7) is 10.2. The summed E-state index contributed by atoms with van der Waals surface area (Å²) in [4.78, 5) is 24.1. The number of nitriles is 2. The summed E-state index contributed by atoms with van der Waals surface area (Å²) in [5.74, 6) is -2.56. The third-order valence-corrected chi connectivity index (χ3v) is 6.53. The van der Waals surface area contributed by atoms with Crippen LogP contribution < -0.4 is 0 Å². The van der Waals surface area contributed by atoms with Gasteiger partial charge in [-0.3, -0.25) is 9.59 Å². The number of hydrogen-bond donors (Lipinski definition) is 2. The van der Waals surface area contributed by atoms with Crippen LogP contribution >= 0.6 is 0 Å². The molecule has 8 heteroatoms. The first-order valence-corrected chi connectivity index (χ1v) is 9.81. The second kappa shape index (κ2) is 9.64. The molecular formula is C20H32N4O4. The molecule has 0 amide bonds. The molecule has 0 fully saturated rings. The number of hydrogen-bond acceptors (Lipinski definition) is 6. The van der Waals surface area contributed by atoms with Crippen LogP contribution in [0.2, 0.25) is 0 Å². The van der Waals surface area contributed by atoms with Crippen molar-refractivity contribution >= 4 is 11.9 Å². The molecule has 8 nitrogen and oxygen atoms in total. The van der Waals surface area contributed by atoms with E-state index in [0.717, 1.165) is 0 Å². The van der Waals surface area contributed by atoms with Gasteiger partial charge in [0.1, 0.15) is 11.1 Å². The zero-order chi connectivity index (χ0) is 22.2. The van der Waals surface area contributed by atoms with Crippen LogP contribution in [0.15, 0.2) is 10.2 Å². The van der Waals surface area contributed by atoms with E-state index in [1.165, 1.54) is 0 Å². The lowest BCUT2D eigenvalue weighted by atomic mass is 9.65. The lowest BCUT2D eigenvalue weighted by molar-refractivity contribution is -0.152. The molecule has 0 aromatic carbocycles. The van der Waals surface area contributed by atoms with Gasteiger partial charge in [0.05, 0.1) is 12.1 Å². The van der Waals surface area contributed by atoms with Crippen molar-refractivity contribution < 1.29 is 19.8 Å². The van der Waals surface area contributed by atoms with Gasteiger partial charge in [-0.1, -0.05) is 41.5 Å². The molecule has 2 atom stereocenters. The molecule has 156 valence electrons. The second-order valence-electron chi connectivity index (χ2n) is 7.03. The van der Waals surface area contributed by atoms with Crippen molar-refractivity contribution in [2.45, 2.75) is 91.1 Å². The van der Waals surface area contributed by atoms with E-state index in [1.807, 2.05) is 12.1 Å². The van der Waals surface area contributed by atoms with Crippen LogP contribution in [-0.2, 0) is 9.59 Å². The first-order valence-electron chi connectivity index (χ1n) is 9.81. The molecule has 0 radical (unpaired) electrons. The molecule has 28 heavy (non-hydrogen) atoms. The Labute approximate surface area is 167 Å². The van der Waals surface area contributed by atoms with Gasteiger partial charge in [-0.2, -0.15) is 20.8 Å². The molecule has 0 aliphatic carbocycles. The Balaban J connectivity index is 6.91. The predicted molar refractivity (Wildman–Crippen MR) is 103 cm³/mol. The van der Waals surface area contributed by atoms with E-state index < -0.39 is 33.8 Å². The van der Waals surface area contributed by atoms with E-state index >= 15 is 0 Å². The third kappa shape index (κ3) is 3.48. The molecule has 0 rings (SSSR count). The summed E-state index contributed by atoms with van der Waals surface area (Å²) in [6.07, 6.45) is 1.01. The van der Waals surface area contributed by atoms with Gasteiger partial charge in [0, 0.05) is 0 Å². The average Bonchev–Trinajstić information content (AvgIpc) is 2.70. The fourth-order valence-electron chi connectivity index (χ4n) is 4.17. The maximum Gasteiger partial charge on any atom is 0.326 e. The van der Waals surface area contributed by atoms with E-state index in [2.05, 4.69) is 10.2 Å². The maximum absolute atomic E-state index is 12.1. The molecule has 0 aromatic heterocycles. The largest absolute Gasteiger partial charge is 0.480 e. The molecule has 2 unspecified atom stereocenters. The highest BCUT2D eigenvalue weighted by Gasteiger charge is 2.58. The van der Waals surface area contributed by atoms with Gasteiger partial charge in [0.25, 0.3) is 0 Å². The van der Waals surface area contributed by atoms with Gasteiger partial charge in [-0.25, -0.2) is 0 Å². The van der Waals surface area contributed by atoms with Crippen LogP contribution in [0.25, 0.3) is 0 Å². The Kier molecular flexibility index (Phi) is 8.78. The Bertz CT molecular complexity index is 625. The molecule has 2 N–H and O–H groups in total. The summed E-state index contributed by atoms with van der Waals surface area (Å²) in [5, 5.41) is 48.0. The van der Waals surface area contributed by atoms with Gasteiger partial charge in [-0.15, -0.1) is 0 Å². The van der Waals surface area contributed by atoms with Crippen molar-refractivity contribution in [3.05, 3.63) is 0 Å². The maximum atomic E-state index is 12.1. The summed E-state index contributed by atoms with van der Waals surface area (Å²) in [5.41, 5.74) is -6.24. The van der Waals surface area contributed by atoms with Crippen LogP contribution in [0.5, 0.6) is 0 Å². The molecule has 0 heterocycles. The molecule has 0 aromatic rings. The standard InChI is InChI=1S/C20H32N4O4/c1-7-17(13-21,15(25)26)19(9-3,10-4)23-24-20(11-5,12-6)18(8-2,14-22)16(27)28/h7-12H2,1-6H3,(H,25,26)(H,27,28). The minimum absolute atomic E-state index is 0.0287. The molecule has 0 aliphatic heterocycles. The highest BCUT2D eigenvalue weighted by molar-refractivity contribution is 5.81. The van der Waals surface area contributed by atoms with E-state index in [0.29, 0.717) is 0 Å². The molecule has 0 spiro atoms. The van der Waals surface area contributed by atoms with Gasteiger partial charge in [-0.05, 0) is 38.5 Å². The SMILES string of the molecule is CCC(CC)(N=NC(CC)(CC)C(C#N)(CC)C(=O)O)C(C#N)(CC)C(=O)O. The second-order valence-corrected chi connectivity index (χ2v) is 7.03. The average molecular weight is 393 g/mol. The topological polar surface area (TPSA) is 147 Å². The van der Waals surface area contributed by atoms with Gasteiger partial charge >= 0.3 is 11.9 Å². The van der Waals surface area contributed by atoms with Crippen molar-refractivity contribution in [3.63, 3.8) is 0 Å². The number of rotatable bonds is 12. The van der Waals surface area contributed by atoms with Crippen LogP contribution in [0.3, 0.4) is 0 Å². The summed E-state index contributed by atoms with van der Waals surface area (Å²) < 4.78 is 0. The number of carboxylic acids is 2. The lowest BCUT2D eigenvalue weighted by Crippen LogP contribution is -2.53. The van der Waals surface area contributed by atoms with Crippen molar-refractivity contribution in [2.75, 3.05) is 0 Å². The number of aliphatic carboxylic acids is 2. The molecule has 0 bridgehead atoms. The third-order valence-electron chi connectivity index (χ3n) is 6.53. The molecular weight excluding hydrogens is 360 g/mol. The summed E-state index contributed by atoms with van der Waals surface area (Å²) in [7, 11) is 0. The number of azo groups is 1. The van der Waals surface area contributed by atoms with Gasteiger partial charge < -0.3 is 10.2 Å². The first-order chi connectivity index (χ1) is 13.1. The molecule has 0 saturated heterocycles. The van der Waals surface area contributed by atoms with Crippen molar-refractivity contribution in [1.82, 2.24) is 0 Å². The smallest absolute Gasteiger partial charge is 0.326 e. The zero-order valence-electron chi connectivity index (χ0n) is 17.7. The normalized spacial score (nSPS) is 16.6.